The second-order valence-electron chi connectivity index (χ2n) is 8.22. The Hall–Kier alpha value is -3.41. The summed E-state index contributed by atoms with van der Waals surface area (Å²) in [6, 6.07) is 15.5. The van der Waals surface area contributed by atoms with E-state index in [1.807, 2.05) is 49.4 Å². The lowest BCUT2D eigenvalue weighted by Crippen LogP contribution is -2.43. The molecule has 178 valence electrons. The summed E-state index contributed by atoms with van der Waals surface area (Å²) in [5.41, 5.74) is 1.91. The van der Waals surface area contributed by atoms with Crippen molar-refractivity contribution in [1.82, 2.24) is 5.32 Å². The van der Waals surface area contributed by atoms with Crippen LogP contribution in [0.15, 0.2) is 48.5 Å². The van der Waals surface area contributed by atoms with Crippen molar-refractivity contribution in [2.45, 2.75) is 57.1 Å². The lowest BCUT2D eigenvalue weighted by Gasteiger charge is -2.34. The number of ether oxygens (including phenoxy) is 3. The zero-order valence-electron chi connectivity index (χ0n) is 20.0. The van der Waals surface area contributed by atoms with Crippen molar-refractivity contribution >= 4 is 5.91 Å². The summed E-state index contributed by atoms with van der Waals surface area (Å²) in [4.78, 5) is 13.3. The summed E-state index contributed by atoms with van der Waals surface area (Å²) in [7, 11) is 1.64. The van der Waals surface area contributed by atoms with Crippen LogP contribution in [0.1, 0.15) is 62.2 Å². The largest absolute Gasteiger partial charge is 0.493 e. The predicted molar refractivity (Wildman–Crippen MR) is 134 cm³/mol. The van der Waals surface area contributed by atoms with E-state index in [1.54, 1.807) is 7.11 Å². The van der Waals surface area contributed by atoms with Gasteiger partial charge in [0.25, 0.3) is 5.91 Å². The Morgan fingerprint density at radius 3 is 2.62 bits per heavy atom. The Labute approximate surface area is 203 Å². The van der Waals surface area contributed by atoms with Gasteiger partial charge < -0.3 is 19.5 Å². The minimum atomic E-state index is -0.741. The first kappa shape index (κ1) is 25.2. The maximum absolute atomic E-state index is 13.3. The van der Waals surface area contributed by atoms with E-state index in [2.05, 4.69) is 29.1 Å². The summed E-state index contributed by atoms with van der Waals surface area (Å²) in [6.45, 7) is 2.40. The van der Waals surface area contributed by atoms with Crippen LogP contribution in [-0.4, -0.2) is 32.3 Å². The molecule has 5 heteroatoms. The fourth-order valence-corrected chi connectivity index (χ4v) is 4.37. The van der Waals surface area contributed by atoms with Gasteiger partial charge in [0.1, 0.15) is 13.2 Å². The third-order valence-corrected chi connectivity index (χ3v) is 5.98. The normalized spacial score (nSPS) is 18.0. The lowest BCUT2D eigenvalue weighted by atomic mass is 9.79. The minimum Gasteiger partial charge on any atom is -0.493 e. The third kappa shape index (κ3) is 6.80. The molecule has 0 saturated heterocycles. The number of amides is 1. The lowest BCUT2D eigenvalue weighted by molar-refractivity contribution is -0.133. The number of methoxy groups -OCH3 is 1. The number of hydrogen-bond donors (Lipinski definition) is 1. The van der Waals surface area contributed by atoms with Gasteiger partial charge >= 0.3 is 0 Å². The van der Waals surface area contributed by atoms with Crippen molar-refractivity contribution in [2.24, 2.45) is 0 Å². The van der Waals surface area contributed by atoms with Crippen molar-refractivity contribution in [3.63, 3.8) is 0 Å². The van der Waals surface area contributed by atoms with Crippen LogP contribution in [0.5, 0.6) is 11.5 Å². The van der Waals surface area contributed by atoms with E-state index in [4.69, 9.17) is 20.6 Å². The molecule has 1 fully saturated rings. The fraction of sp³-hybridized carbons (Fsp3) is 0.414. The van der Waals surface area contributed by atoms with Crippen LogP contribution in [0, 0.1) is 24.2 Å². The second-order valence-corrected chi connectivity index (χ2v) is 8.22. The van der Waals surface area contributed by atoms with Gasteiger partial charge in [0.2, 0.25) is 0 Å². The summed E-state index contributed by atoms with van der Waals surface area (Å²) < 4.78 is 17.1. The summed E-state index contributed by atoms with van der Waals surface area (Å²) in [5, 5.41) is 3.25. The molecule has 2 aromatic rings. The zero-order valence-corrected chi connectivity index (χ0v) is 20.0. The van der Waals surface area contributed by atoms with Gasteiger partial charge in [-0.3, -0.25) is 4.79 Å². The molecule has 3 unspecified atom stereocenters. The number of benzene rings is 2. The molecule has 1 aliphatic rings. The highest BCUT2D eigenvalue weighted by atomic mass is 16.5. The van der Waals surface area contributed by atoms with E-state index in [-0.39, 0.29) is 24.5 Å². The first-order valence-corrected chi connectivity index (χ1v) is 11.8. The number of carbonyl (C=O) groups excluding carboxylic acids is 1. The molecule has 1 aliphatic carbocycles. The Bertz CT molecular complexity index is 1030. The summed E-state index contributed by atoms with van der Waals surface area (Å²) >= 11 is 0. The van der Waals surface area contributed by atoms with Gasteiger partial charge in [-0.15, -0.1) is 12.3 Å². The van der Waals surface area contributed by atoms with Crippen molar-refractivity contribution in [3.05, 3.63) is 59.7 Å². The molecule has 3 rings (SSSR count). The van der Waals surface area contributed by atoms with Gasteiger partial charge in [-0.05, 0) is 36.1 Å². The van der Waals surface area contributed by atoms with Gasteiger partial charge in [-0.2, -0.15) is 0 Å². The molecule has 0 heterocycles. The second kappa shape index (κ2) is 13.3. The van der Waals surface area contributed by atoms with Gasteiger partial charge in [0.05, 0.1) is 7.11 Å². The molecule has 0 spiro atoms. The average molecular weight is 460 g/mol. The molecule has 0 aliphatic heterocycles. The van der Waals surface area contributed by atoms with Gasteiger partial charge in [0.15, 0.2) is 17.6 Å². The van der Waals surface area contributed by atoms with E-state index < -0.39 is 6.10 Å². The fourth-order valence-electron chi connectivity index (χ4n) is 4.37. The number of nitrogens with one attached hydrogen (secondary N) is 1. The molecule has 0 bridgehead atoms. The molecule has 2 aromatic carbocycles. The smallest absolute Gasteiger partial charge is 0.254 e. The molecule has 1 N–H and O–H groups in total. The number of carbonyl (C=O) groups is 1. The molecule has 1 amide bonds. The predicted octanol–water partition coefficient (Wildman–Crippen LogP) is 5.02. The molecular weight excluding hydrogens is 426 g/mol. The Morgan fingerprint density at radius 1 is 1.09 bits per heavy atom. The molecule has 5 nitrogen and oxygen atoms in total. The van der Waals surface area contributed by atoms with Crippen LogP contribution in [-0.2, 0) is 9.53 Å². The van der Waals surface area contributed by atoms with Gasteiger partial charge in [-0.1, -0.05) is 68.0 Å². The molecule has 1 saturated carbocycles. The highest BCUT2D eigenvalue weighted by molar-refractivity contribution is 5.82. The molecule has 0 radical (unpaired) electrons. The monoisotopic (exact) mass is 459 g/mol. The van der Waals surface area contributed by atoms with Crippen LogP contribution in [0.25, 0.3) is 0 Å². The van der Waals surface area contributed by atoms with Gasteiger partial charge in [-0.25, -0.2) is 0 Å². The summed E-state index contributed by atoms with van der Waals surface area (Å²) in [6.07, 6.45) is 9.51. The van der Waals surface area contributed by atoms with Crippen LogP contribution in [0.3, 0.4) is 0 Å². The zero-order chi connectivity index (χ0) is 24.2. The number of terminal acetylenes is 1. The van der Waals surface area contributed by atoms with Crippen LogP contribution >= 0.6 is 0 Å². The van der Waals surface area contributed by atoms with Crippen molar-refractivity contribution in [2.75, 3.05) is 20.3 Å². The van der Waals surface area contributed by atoms with E-state index in [0.717, 1.165) is 43.2 Å². The van der Waals surface area contributed by atoms with E-state index in [0.29, 0.717) is 18.1 Å². The first-order valence-electron chi connectivity index (χ1n) is 11.8. The van der Waals surface area contributed by atoms with Crippen molar-refractivity contribution in [1.29, 1.82) is 0 Å². The quantitative estimate of drug-likeness (QED) is 0.535. The van der Waals surface area contributed by atoms with Crippen molar-refractivity contribution in [3.8, 4) is 35.7 Å². The van der Waals surface area contributed by atoms with E-state index in [1.165, 1.54) is 0 Å². The Morgan fingerprint density at radius 2 is 1.88 bits per heavy atom. The standard InChI is InChI=1S/C29H33NO4/c1-4-6-12-20-33-26-18-17-23(21-27(26)32-3)24-15-10-11-16-25(24)30-29(31)28(34-19-5-2)22-13-8-7-9-14-22/h2,7-9,13-14,17-18,21,24-25,28H,4,10-11,15-16,19-20H2,1,3H3,(H,30,31). The molecular formula is C29H33NO4. The maximum Gasteiger partial charge on any atom is 0.254 e. The molecule has 3 atom stereocenters. The molecule has 34 heavy (non-hydrogen) atoms. The highest BCUT2D eigenvalue weighted by Gasteiger charge is 2.31. The van der Waals surface area contributed by atoms with Crippen LogP contribution in [0.4, 0.5) is 0 Å². The van der Waals surface area contributed by atoms with E-state index in [9.17, 15) is 4.79 Å². The summed E-state index contributed by atoms with van der Waals surface area (Å²) in [5.74, 6) is 9.79. The number of hydrogen-bond acceptors (Lipinski definition) is 4. The third-order valence-electron chi connectivity index (χ3n) is 5.98. The SMILES string of the molecule is C#CCOC(C(=O)NC1CCCCC1c1ccc(OCC#CCC)c(OC)c1)c1ccccc1. The first-order chi connectivity index (χ1) is 16.7. The van der Waals surface area contributed by atoms with Crippen LogP contribution in [0.2, 0.25) is 0 Å². The Balaban J connectivity index is 1.77. The van der Waals surface area contributed by atoms with E-state index >= 15 is 0 Å². The number of rotatable bonds is 9. The van der Waals surface area contributed by atoms with Gasteiger partial charge in [0, 0.05) is 18.4 Å². The average Bonchev–Trinajstić information content (AvgIpc) is 2.88. The minimum absolute atomic E-state index is 0.00575. The Kier molecular flexibility index (Phi) is 9.89. The topological polar surface area (TPSA) is 56.8 Å². The molecule has 0 aromatic heterocycles. The van der Waals surface area contributed by atoms with Crippen LogP contribution < -0.4 is 14.8 Å². The highest BCUT2D eigenvalue weighted by Crippen LogP contribution is 2.38. The van der Waals surface area contributed by atoms with Crippen molar-refractivity contribution < 1.29 is 19.0 Å². The maximum atomic E-state index is 13.3.